The predicted molar refractivity (Wildman–Crippen MR) is 86.3 cm³/mol. The molecule has 1 aliphatic heterocycles. The fraction of sp³-hybridized carbons (Fsp3) is 0.667. The van der Waals surface area contributed by atoms with Crippen molar-refractivity contribution in [1.29, 1.82) is 0 Å². The van der Waals surface area contributed by atoms with Gasteiger partial charge < -0.3 is 10.2 Å². The molecule has 1 aliphatic carbocycles. The Morgan fingerprint density at radius 3 is 2.95 bits per heavy atom. The Morgan fingerprint density at radius 1 is 1.35 bits per heavy atom. The SMILES string of the molecule is CN1CCCc2cc(CNC3CCC(C)(C)C3)ccc21. The maximum absolute atomic E-state index is 3.76. The number of nitrogens with zero attached hydrogens (tertiary/aromatic N) is 1. The minimum absolute atomic E-state index is 0.538. The summed E-state index contributed by atoms with van der Waals surface area (Å²) in [6.45, 7) is 7.01. The number of anilines is 1. The van der Waals surface area contributed by atoms with Crippen LogP contribution >= 0.6 is 0 Å². The maximum atomic E-state index is 3.76. The van der Waals surface area contributed by atoms with Gasteiger partial charge in [-0.05, 0) is 54.7 Å². The smallest absolute Gasteiger partial charge is 0.0396 e. The standard InChI is InChI=1S/C18H28N2/c1-18(2)9-8-16(12-18)19-13-14-6-7-17-15(11-14)5-4-10-20(17)3/h6-7,11,16,19H,4-5,8-10,12-13H2,1-3H3. The number of aryl methyl sites for hydroxylation is 1. The summed E-state index contributed by atoms with van der Waals surface area (Å²) in [5.41, 5.74) is 4.95. The zero-order valence-electron chi connectivity index (χ0n) is 13.2. The van der Waals surface area contributed by atoms with Crippen LogP contribution in [-0.4, -0.2) is 19.6 Å². The van der Waals surface area contributed by atoms with Gasteiger partial charge in [0.05, 0.1) is 0 Å². The normalized spacial score (nSPS) is 24.8. The van der Waals surface area contributed by atoms with E-state index in [0.29, 0.717) is 11.5 Å². The summed E-state index contributed by atoms with van der Waals surface area (Å²) in [4.78, 5) is 2.38. The Balaban J connectivity index is 1.61. The molecular weight excluding hydrogens is 244 g/mol. The molecule has 2 heteroatoms. The lowest BCUT2D eigenvalue weighted by Gasteiger charge is -2.28. The molecule has 1 saturated carbocycles. The number of hydrogen-bond acceptors (Lipinski definition) is 2. The molecule has 0 amide bonds. The summed E-state index contributed by atoms with van der Waals surface area (Å²) in [5.74, 6) is 0. The van der Waals surface area contributed by atoms with Gasteiger partial charge in [0, 0.05) is 31.9 Å². The van der Waals surface area contributed by atoms with E-state index in [-0.39, 0.29) is 0 Å². The van der Waals surface area contributed by atoms with Crippen LogP contribution in [0.4, 0.5) is 5.69 Å². The van der Waals surface area contributed by atoms with Crippen molar-refractivity contribution in [3.05, 3.63) is 29.3 Å². The van der Waals surface area contributed by atoms with E-state index in [2.05, 4.69) is 49.3 Å². The third-order valence-electron chi connectivity index (χ3n) is 5.06. The van der Waals surface area contributed by atoms with E-state index in [4.69, 9.17) is 0 Å². The molecule has 3 rings (SSSR count). The molecule has 0 saturated heterocycles. The van der Waals surface area contributed by atoms with E-state index < -0.39 is 0 Å². The third-order valence-corrected chi connectivity index (χ3v) is 5.06. The Hall–Kier alpha value is -1.02. The first kappa shape index (κ1) is 13.9. The zero-order valence-corrected chi connectivity index (χ0v) is 13.2. The van der Waals surface area contributed by atoms with Crippen LogP contribution in [-0.2, 0) is 13.0 Å². The number of benzene rings is 1. The van der Waals surface area contributed by atoms with Crippen molar-refractivity contribution in [3.63, 3.8) is 0 Å². The molecule has 0 spiro atoms. The number of nitrogens with one attached hydrogen (secondary N) is 1. The monoisotopic (exact) mass is 272 g/mol. The van der Waals surface area contributed by atoms with Gasteiger partial charge in [0.25, 0.3) is 0 Å². The first-order valence-electron chi connectivity index (χ1n) is 8.10. The van der Waals surface area contributed by atoms with Crippen LogP contribution in [0.2, 0.25) is 0 Å². The van der Waals surface area contributed by atoms with E-state index in [1.165, 1.54) is 55.5 Å². The van der Waals surface area contributed by atoms with Crippen molar-refractivity contribution in [2.24, 2.45) is 5.41 Å². The van der Waals surface area contributed by atoms with Gasteiger partial charge in [-0.2, -0.15) is 0 Å². The minimum atomic E-state index is 0.538. The van der Waals surface area contributed by atoms with Crippen molar-refractivity contribution in [3.8, 4) is 0 Å². The predicted octanol–water partition coefficient (Wildman–Crippen LogP) is 3.74. The van der Waals surface area contributed by atoms with E-state index in [0.717, 1.165) is 6.54 Å². The Bertz CT molecular complexity index is 478. The van der Waals surface area contributed by atoms with Gasteiger partial charge in [-0.1, -0.05) is 26.0 Å². The number of fused-ring (bicyclic) bond motifs is 1. The second-order valence-corrected chi connectivity index (χ2v) is 7.47. The third kappa shape index (κ3) is 3.01. The summed E-state index contributed by atoms with van der Waals surface area (Å²) in [5, 5.41) is 3.76. The molecule has 1 heterocycles. The van der Waals surface area contributed by atoms with Gasteiger partial charge in [0.15, 0.2) is 0 Å². The summed E-state index contributed by atoms with van der Waals surface area (Å²) in [7, 11) is 2.20. The summed E-state index contributed by atoms with van der Waals surface area (Å²) >= 11 is 0. The molecule has 1 fully saturated rings. The van der Waals surface area contributed by atoms with Crippen LogP contribution in [0.3, 0.4) is 0 Å². The van der Waals surface area contributed by atoms with Gasteiger partial charge >= 0.3 is 0 Å². The Labute approximate surface area is 123 Å². The highest BCUT2D eigenvalue weighted by Gasteiger charge is 2.30. The fourth-order valence-electron chi connectivity index (χ4n) is 3.82. The van der Waals surface area contributed by atoms with Crippen molar-refractivity contribution >= 4 is 5.69 Å². The van der Waals surface area contributed by atoms with Crippen molar-refractivity contribution in [1.82, 2.24) is 5.32 Å². The average Bonchev–Trinajstić information content (AvgIpc) is 2.76. The maximum Gasteiger partial charge on any atom is 0.0396 e. The fourth-order valence-corrected chi connectivity index (χ4v) is 3.82. The topological polar surface area (TPSA) is 15.3 Å². The van der Waals surface area contributed by atoms with Crippen LogP contribution in [0.5, 0.6) is 0 Å². The molecule has 1 atom stereocenters. The highest BCUT2D eigenvalue weighted by molar-refractivity contribution is 5.56. The van der Waals surface area contributed by atoms with E-state index in [9.17, 15) is 0 Å². The molecule has 1 aromatic carbocycles. The molecule has 1 unspecified atom stereocenters. The number of rotatable bonds is 3. The van der Waals surface area contributed by atoms with Crippen molar-refractivity contribution in [2.45, 2.75) is 58.5 Å². The molecule has 2 aliphatic rings. The Morgan fingerprint density at radius 2 is 2.20 bits per heavy atom. The molecule has 0 aromatic heterocycles. The highest BCUT2D eigenvalue weighted by atomic mass is 15.1. The number of hydrogen-bond donors (Lipinski definition) is 1. The molecule has 0 bridgehead atoms. The quantitative estimate of drug-likeness (QED) is 0.902. The molecule has 1 N–H and O–H groups in total. The first-order valence-corrected chi connectivity index (χ1v) is 8.10. The van der Waals surface area contributed by atoms with Crippen LogP contribution < -0.4 is 10.2 Å². The molecule has 1 aromatic rings. The van der Waals surface area contributed by atoms with Gasteiger partial charge in [-0.25, -0.2) is 0 Å². The van der Waals surface area contributed by atoms with E-state index in [1.54, 1.807) is 0 Å². The molecule has 0 radical (unpaired) electrons. The first-order chi connectivity index (χ1) is 9.53. The van der Waals surface area contributed by atoms with Gasteiger partial charge in [-0.15, -0.1) is 0 Å². The molecule has 20 heavy (non-hydrogen) atoms. The molecular formula is C18H28N2. The summed E-state index contributed by atoms with van der Waals surface area (Å²) in [6, 6.07) is 7.74. The molecule has 110 valence electrons. The van der Waals surface area contributed by atoms with Crippen molar-refractivity contribution in [2.75, 3.05) is 18.5 Å². The van der Waals surface area contributed by atoms with Crippen LogP contribution in [0.1, 0.15) is 50.7 Å². The lowest BCUT2D eigenvalue weighted by atomic mass is 9.92. The zero-order chi connectivity index (χ0) is 14.2. The van der Waals surface area contributed by atoms with Crippen molar-refractivity contribution < 1.29 is 0 Å². The summed E-state index contributed by atoms with van der Waals surface area (Å²) < 4.78 is 0. The van der Waals surface area contributed by atoms with Gasteiger partial charge in [0.2, 0.25) is 0 Å². The lowest BCUT2D eigenvalue weighted by Crippen LogP contribution is -2.27. The van der Waals surface area contributed by atoms with Crippen LogP contribution in [0.25, 0.3) is 0 Å². The molecule has 2 nitrogen and oxygen atoms in total. The lowest BCUT2D eigenvalue weighted by molar-refractivity contribution is 0.364. The average molecular weight is 272 g/mol. The highest BCUT2D eigenvalue weighted by Crippen LogP contribution is 2.37. The Kier molecular flexibility index (Phi) is 3.76. The van der Waals surface area contributed by atoms with Crippen LogP contribution in [0.15, 0.2) is 18.2 Å². The van der Waals surface area contributed by atoms with Crippen LogP contribution in [0, 0.1) is 5.41 Å². The summed E-state index contributed by atoms with van der Waals surface area (Å²) in [6.07, 6.45) is 6.54. The van der Waals surface area contributed by atoms with E-state index in [1.807, 2.05) is 0 Å². The largest absolute Gasteiger partial charge is 0.374 e. The van der Waals surface area contributed by atoms with Gasteiger partial charge in [-0.3, -0.25) is 0 Å². The minimum Gasteiger partial charge on any atom is -0.374 e. The van der Waals surface area contributed by atoms with Gasteiger partial charge in [0.1, 0.15) is 0 Å². The van der Waals surface area contributed by atoms with E-state index >= 15 is 0 Å². The second-order valence-electron chi connectivity index (χ2n) is 7.47. The second kappa shape index (κ2) is 5.40.